The maximum Gasteiger partial charge on any atom is 0.190 e. The van der Waals surface area contributed by atoms with Crippen LogP contribution in [0.1, 0.15) is 11.1 Å². The van der Waals surface area contributed by atoms with E-state index in [2.05, 4.69) is 38.8 Å². The second-order valence-corrected chi connectivity index (χ2v) is 5.14. The van der Waals surface area contributed by atoms with E-state index in [1.165, 1.54) is 11.1 Å². The van der Waals surface area contributed by atoms with Gasteiger partial charge in [-0.2, -0.15) is 0 Å². The molecule has 1 aromatic heterocycles. The van der Waals surface area contributed by atoms with E-state index < -0.39 is 0 Å². The number of ether oxygens (including phenoxy) is 1. The van der Waals surface area contributed by atoms with Gasteiger partial charge in [-0.25, -0.2) is 0 Å². The number of aromatic nitrogens is 1. The maximum atomic E-state index is 5.16. The molecular weight excluding hydrogens is 288 g/mol. The summed E-state index contributed by atoms with van der Waals surface area (Å²) < 4.78 is 5.16. The van der Waals surface area contributed by atoms with E-state index in [1.54, 1.807) is 20.4 Å². The van der Waals surface area contributed by atoms with Crippen molar-refractivity contribution in [1.82, 2.24) is 15.6 Å². The van der Waals surface area contributed by atoms with Crippen LogP contribution in [0.2, 0.25) is 0 Å². The van der Waals surface area contributed by atoms with Crippen molar-refractivity contribution >= 4 is 5.96 Å². The number of aliphatic imine (C=N–C) groups is 1. The topological polar surface area (TPSA) is 58.5 Å². The molecule has 5 nitrogen and oxygen atoms in total. The van der Waals surface area contributed by atoms with Crippen LogP contribution in [0, 0.1) is 0 Å². The quantitative estimate of drug-likeness (QED) is 0.607. The zero-order chi connectivity index (χ0) is 16.3. The Kier molecular flexibility index (Phi) is 6.91. The summed E-state index contributed by atoms with van der Waals surface area (Å²) in [6, 6.07) is 12.2. The molecule has 2 aromatic rings. The summed E-state index contributed by atoms with van der Waals surface area (Å²) in [7, 11) is 3.46. The number of nitrogens with zero attached hydrogens (tertiary/aromatic N) is 2. The van der Waals surface area contributed by atoms with E-state index in [1.807, 2.05) is 24.4 Å². The summed E-state index contributed by atoms with van der Waals surface area (Å²) in [5.74, 6) is 1.71. The van der Waals surface area contributed by atoms with Gasteiger partial charge in [0, 0.05) is 32.5 Å². The average molecular weight is 312 g/mol. The highest BCUT2D eigenvalue weighted by Gasteiger charge is 1.99. The Labute approximate surface area is 137 Å². The molecule has 0 aliphatic carbocycles. The summed E-state index contributed by atoms with van der Waals surface area (Å²) in [5.41, 5.74) is 2.48. The summed E-state index contributed by atoms with van der Waals surface area (Å²) in [6.45, 7) is 1.66. The van der Waals surface area contributed by atoms with Crippen molar-refractivity contribution in [2.24, 2.45) is 4.99 Å². The first-order valence-corrected chi connectivity index (χ1v) is 7.78. The first-order chi connectivity index (χ1) is 11.3. The summed E-state index contributed by atoms with van der Waals surface area (Å²) in [6.07, 6.45) is 5.54. The predicted octanol–water partition coefficient (Wildman–Crippen LogP) is 2.04. The fourth-order valence-electron chi connectivity index (χ4n) is 2.21. The van der Waals surface area contributed by atoms with Gasteiger partial charge in [-0.15, -0.1) is 0 Å². The van der Waals surface area contributed by atoms with Crippen LogP contribution in [0.15, 0.2) is 53.8 Å². The Hall–Kier alpha value is -2.56. The second kappa shape index (κ2) is 9.46. The lowest BCUT2D eigenvalue weighted by molar-refractivity contribution is 0.414. The normalized spacial score (nSPS) is 11.1. The van der Waals surface area contributed by atoms with Crippen molar-refractivity contribution in [1.29, 1.82) is 0 Å². The number of pyridine rings is 1. The van der Waals surface area contributed by atoms with E-state index in [4.69, 9.17) is 4.74 Å². The van der Waals surface area contributed by atoms with Crippen molar-refractivity contribution < 1.29 is 4.74 Å². The van der Waals surface area contributed by atoms with Crippen LogP contribution in [0.3, 0.4) is 0 Å². The van der Waals surface area contributed by atoms with Crippen LogP contribution in [-0.4, -0.2) is 38.2 Å². The molecule has 0 amide bonds. The van der Waals surface area contributed by atoms with Crippen LogP contribution in [0.5, 0.6) is 5.75 Å². The van der Waals surface area contributed by atoms with Gasteiger partial charge in [0.15, 0.2) is 5.96 Å². The molecule has 0 aliphatic rings. The highest BCUT2D eigenvalue weighted by atomic mass is 16.5. The molecule has 0 unspecified atom stereocenters. The van der Waals surface area contributed by atoms with Crippen LogP contribution >= 0.6 is 0 Å². The fourth-order valence-corrected chi connectivity index (χ4v) is 2.21. The lowest BCUT2D eigenvalue weighted by Gasteiger charge is -2.12. The molecule has 0 bridgehead atoms. The van der Waals surface area contributed by atoms with Gasteiger partial charge >= 0.3 is 0 Å². The van der Waals surface area contributed by atoms with Crippen LogP contribution < -0.4 is 15.4 Å². The standard InChI is InChI=1S/C18H24N4O/c1-19-18(22-13-10-16-4-3-11-20-14-16)21-12-9-15-5-7-17(23-2)8-6-15/h3-8,11,14H,9-10,12-13H2,1-2H3,(H2,19,21,22). The van der Waals surface area contributed by atoms with E-state index in [0.29, 0.717) is 0 Å². The summed E-state index contributed by atoms with van der Waals surface area (Å²) in [5, 5.41) is 6.64. The number of guanidine groups is 1. The first-order valence-electron chi connectivity index (χ1n) is 7.78. The fraction of sp³-hybridized carbons (Fsp3) is 0.333. The number of rotatable bonds is 7. The Balaban J connectivity index is 1.68. The Bertz CT molecular complexity index is 596. The van der Waals surface area contributed by atoms with Gasteiger partial charge in [-0.1, -0.05) is 18.2 Å². The van der Waals surface area contributed by atoms with Crippen molar-refractivity contribution in [3.05, 3.63) is 59.9 Å². The van der Waals surface area contributed by atoms with Crippen LogP contribution in [0.25, 0.3) is 0 Å². The molecule has 0 radical (unpaired) electrons. The zero-order valence-corrected chi connectivity index (χ0v) is 13.7. The lowest BCUT2D eigenvalue weighted by atomic mass is 10.1. The molecule has 0 aliphatic heterocycles. The minimum atomic E-state index is 0.822. The summed E-state index contributed by atoms with van der Waals surface area (Å²) in [4.78, 5) is 8.35. The smallest absolute Gasteiger partial charge is 0.190 e. The Morgan fingerprint density at radius 3 is 2.30 bits per heavy atom. The third-order valence-electron chi connectivity index (χ3n) is 3.52. The van der Waals surface area contributed by atoms with Crippen LogP contribution in [0.4, 0.5) is 0 Å². The van der Waals surface area contributed by atoms with Gasteiger partial charge in [-0.05, 0) is 42.2 Å². The van der Waals surface area contributed by atoms with Crippen molar-refractivity contribution in [3.8, 4) is 5.75 Å². The number of hydrogen-bond acceptors (Lipinski definition) is 3. The molecule has 0 atom stereocenters. The van der Waals surface area contributed by atoms with Gasteiger partial charge < -0.3 is 15.4 Å². The van der Waals surface area contributed by atoms with E-state index >= 15 is 0 Å². The number of benzene rings is 1. The van der Waals surface area contributed by atoms with E-state index in [-0.39, 0.29) is 0 Å². The highest BCUT2D eigenvalue weighted by Crippen LogP contribution is 2.11. The summed E-state index contributed by atoms with van der Waals surface area (Å²) >= 11 is 0. The molecule has 23 heavy (non-hydrogen) atoms. The van der Waals surface area contributed by atoms with Gasteiger partial charge in [0.1, 0.15) is 5.75 Å². The average Bonchev–Trinajstić information content (AvgIpc) is 2.62. The molecule has 1 aromatic carbocycles. The first kappa shape index (κ1) is 16.8. The monoisotopic (exact) mass is 312 g/mol. The molecule has 2 rings (SSSR count). The maximum absolute atomic E-state index is 5.16. The van der Waals surface area contributed by atoms with Gasteiger partial charge in [0.2, 0.25) is 0 Å². The van der Waals surface area contributed by atoms with Crippen molar-refractivity contribution in [2.75, 3.05) is 27.2 Å². The van der Waals surface area contributed by atoms with Crippen molar-refractivity contribution in [3.63, 3.8) is 0 Å². The van der Waals surface area contributed by atoms with E-state index in [9.17, 15) is 0 Å². The van der Waals surface area contributed by atoms with Crippen LogP contribution in [-0.2, 0) is 12.8 Å². The molecule has 0 saturated heterocycles. The lowest BCUT2D eigenvalue weighted by Crippen LogP contribution is -2.39. The third kappa shape index (κ3) is 5.98. The molecule has 5 heteroatoms. The van der Waals surface area contributed by atoms with Gasteiger partial charge in [0.05, 0.1) is 7.11 Å². The third-order valence-corrected chi connectivity index (χ3v) is 3.52. The molecule has 0 spiro atoms. The molecular formula is C18H24N4O. The second-order valence-electron chi connectivity index (χ2n) is 5.14. The minimum Gasteiger partial charge on any atom is -0.497 e. The van der Waals surface area contributed by atoms with Gasteiger partial charge in [0.25, 0.3) is 0 Å². The Morgan fingerprint density at radius 1 is 1.04 bits per heavy atom. The van der Waals surface area contributed by atoms with E-state index in [0.717, 1.165) is 37.6 Å². The minimum absolute atomic E-state index is 0.822. The molecule has 1 heterocycles. The Morgan fingerprint density at radius 2 is 1.74 bits per heavy atom. The predicted molar refractivity (Wildman–Crippen MR) is 94.0 cm³/mol. The van der Waals surface area contributed by atoms with Gasteiger partial charge in [-0.3, -0.25) is 9.98 Å². The number of hydrogen-bond donors (Lipinski definition) is 2. The van der Waals surface area contributed by atoms with Crippen molar-refractivity contribution in [2.45, 2.75) is 12.8 Å². The molecule has 0 saturated carbocycles. The molecule has 122 valence electrons. The SMILES string of the molecule is CN=C(NCCc1ccc(OC)cc1)NCCc1cccnc1. The molecule has 0 fully saturated rings. The number of nitrogens with one attached hydrogen (secondary N) is 2. The molecule has 2 N–H and O–H groups in total. The number of methoxy groups -OCH3 is 1. The largest absolute Gasteiger partial charge is 0.497 e. The zero-order valence-electron chi connectivity index (χ0n) is 13.7. The highest BCUT2D eigenvalue weighted by molar-refractivity contribution is 5.79.